The van der Waals surface area contributed by atoms with Gasteiger partial charge in [0.25, 0.3) is 5.56 Å². The van der Waals surface area contributed by atoms with Crippen molar-refractivity contribution in [1.29, 1.82) is 0 Å². The maximum absolute atomic E-state index is 12.4. The third-order valence-corrected chi connectivity index (χ3v) is 2.83. The Morgan fingerprint density at radius 3 is 2.65 bits per heavy atom. The largest absolute Gasteiger partial charge is 0.352 e. The highest BCUT2D eigenvalue weighted by atomic mass is 16.2. The molecule has 0 aliphatic carbocycles. The topological polar surface area (TPSA) is 94.7 Å². The molecule has 0 saturated carbocycles. The van der Waals surface area contributed by atoms with Gasteiger partial charge in [-0.05, 0) is 27.7 Å². The van der Waals surface area contributed by atoms with Gasteiger partial charge in [-0.3, -0.25) is 14.3 Å². The third-order valence-electron chi connectivity index (χ3n) is 2.83. The summed E-state index contributed by atoms with van der Waals surface area (Å²) in [4.78, 5) is 24.1. The van der Waals surface area contributed by atoms with Crippen LogP contribution in [0, 0.1) is 6.92 Å². The van der Waals surface area contributed by atoms with Crippen molar-refractivity contribution in [2.45, 2.75) is 46.8 Å². The van der Waals surface area contributed by atoms with Crippen LogP contribution in [-0.2, 0) is 17.9 Å². The third kappa shape index (κ3) is 2.54. The molecule has 0 aromatic carbocycles. The van der Waals surface area contributed by atoms with E-state index < -0.39 is 0 Å². The number of fused-ring (bicyclic) bond motifs is 1. The van der Waals surface area contributed by atoms with E-state index in [9.17, 15) is 9.59 Å². The maximum Gasteiger partial charge on any atom is 0.296 e. The van der Waals surface area contributed by atoms with E-state index in [1.807, 2.05) is 20.8 Å². The predicted octanol–water partition coefficient (Wildman–Crippen LogP) is -0.159. The molecule has 2 aromatic heterocycles. The fraction of sp³-hybridized carbons (Fsp3) is 0.583. The first-order chi connectivity index (χ1) is 9.43. The summed E-state index contributed by atoms with van der Waals surface area (Å²) in [5.74, 6) is -0.268. The lowest BCUT2D eigenvalue weighted by atomic mass is 10.3. The zero-order chi connectivity index (χ0) is 14.9. The van der Waals surface area contributed by atoms with Gasteiger partial charge in [0.15, 0.2) is 5.52 Å². The highest BCUT2D eigenvalue weighted by Gasteiger charge is 2.16. The fourth-order valence-corrected chi connectivity index (χ4v) is 2.00. The molecule has 0 spiro atoms. The van der Waals surface area contributed by atoms with E-state index in [0.717, 1.165) is 4.68 Å². The Labute approximate surface area is 115 Å². The quantitative estimate of drug-likeness (QED) is 0.838. The number of carbonyl (C=O) groups is 1. The van der Waals surface area contributed by atoms with Crippen molar-refractivity contribution < 1.29 is 4.79 Å². The first-order valence-corrected chi connectivity index (χ1v) is 6.54. The van der Waals surface area contributed by atoms with Gasteiger partial charge in [0.05, 0.1) is 5.69 Å². The van der Waals surface area contributed by atoms with Crippen LogP contribution in [0.3, 0.4) is 0 Å². The molecule has 0 atom stereocenters. The van der Waals surface area contributed by atoms with Crippen LogP contribution in [0.4, 0.5) is 0 Å². The first kappa shape index (κ1) is 14.2. The summed E-state index contributed by atoms with van der Waals surface area (Å²) < 4.78 is 2.64. The van der Waals surface area contributed by atoms with E-state index in [0.29, 0.717) is 23.3 Å². The molecule has 20 heavy (non-hydrogen) atoms. The zero-order valence-corrected chi connectivity index (χ0v) is 12.0. The lowest BCUT2D eigenvalue weighted by Crippen LogP contribution is -2.37. The summed E-state index contributed by atoms with van der Waals surface area (Å²) in [6.45, 7) is 7.79. The van der Waals surface area contributed by atoms with Crippen LogP contribution in [-0.4, -0.2) is 36.7 Å². The van der Waals surface area contributed by atoms with Crippen molar-refractivity contribution in [3.05, 3.63) is 16.0 Å². The van der Waals surface area contributed by atoms with Crippen molar-refractivity contribution in [3.8, 4) is 0 Å². The monoisotopic (exact) mass is 278 g/mol. The molecule has 108 valence electrons. The summed E-state index contributed by atoms with van der Waals surface area (Å²) in [5.41, 5.74) is 1.18. The van der Waals surface area contributed by atoms with E-state index in [1.54, 1.807) is 11.6 Å². The number of hydrogen-bond acceptors (Lipinski definition) is 5. The average molecular weight is 278 g/mol. The van der Waals surface area contributed by atoms with Crippen LogP contribution in [0.5, 0.6) is 0 Å². The second kappa shape index (κ2) is 5.40. The number of carbonyl (C=O) groups excluding carboxylic acids is 1. The SMILES string of the molecule is CCn1nc(C)c2nnn(CC(=O)NC(C)C)c(=O)c21. The van der Waals surface area contributed by atoms with Gasteiger partial charge in [-0.25, -0.2) is 0 Å². The van der Waals surface area contributed by atoms with Gasteiger partial charge in [-0.1, -0.05) is 5.21 Å². The Bertz CT molecular complexity index is 700. The number of nitrogens with one attached hydrogen (secondary N) is 1. The van der Waals surface area contributed by atoms with E-state index >= 15 is 0 Å². The van der Waals surface area contributed by atoms with Crippen LogP contribution in [0.25, 0.3) is 11.0 Å². The number of aromatic nitrogens is 5. The van der Waals surface area contributed by atoms with E-state index in [2.05, 4.69) is 20.7 Å². The average Bonchev–Trinajstić information content (AvgIpc) is 2.69. The summed E-state index contributed by atoms with van der Waals surface area (Å²) in [7, 11) is 0. The van der Waals surface area contributed by atoms with Gasteiger partial charge < -0.3 is 5.32 Å². The van der Waals surface area contributed by atoms with Gasteiger partial charge in [0, 0.05) is 12.6 Å². The zero-order valence-electron chi connectivity index (χ0n) is 12.0. The minimum Gasteiger partial charge on any atom is -0.352 e. The Morgan fingerprint density at radius 2 is 2.05 bits per heavy atom. The van der Waals surface area contributed by atoms with Gasteiger partial charge in [-0.2, -0.15) is 9.78 Å². The Hall–Kier alpha value is -2.25. The van der Waals surface area contributed by atoms with E-state index in [1.165, 1.54) is 0 Å². The number of hydrogen-bond donors (Lipinski definition) is 1. The van der Waals surface area contributed by atoms with Crippen molar-refractivity contribution in [2.24, 2.45) is 0 Å². The summed E-state index contributed by atoms with van der Waals surface area (Å²) in [6, 6.07) is 0.0123. The van der Waals surface area contributed by atoms with E-state index in [4.69, 9.17) is 0 Å². The minimum absolute atomic E-state index is 0.0123. The van der Waals surface area contributed by atoms with Gasteiger partial charge >= 0.3 is 0 Å². The standard InChI is InChI=1S/C12H18N6O2/c1-5-17-11-10(8(4)15-17)14-16-18(12(11)20)6-9(19)13-7(2)3/h7H,5-6H2,1-4H3,(H,13,19). The minimum atomic E-state index is -0.351. The fourth-order valence-electron chi connectivity index (χ4n) is 2.00. The molecule has 0 fully saturated rings. The Kier molecular flexibility index (Phi) is 3.82. The highest BCUT2D eigenvalue weighted by Crippen LogP contribution is 2.09. The van der Waals surface area contributed by atoms with Crippen LogP contribution in [0.15, 0.2) is 4.79 Å². The second-order valence-electron chi connectivity index (χ2n) is 4.87. The summed E-state index contributed by atoms with van der Waals surface area (Å²) in [6.07, 6.45) is 0. The molecular formula is C12H18N6O2. The smallest absolute Gasteiger partial charge is 0.296 e. The van der Waals surface area contributed by atoms with Gasteiger partial charge in [0.1, 0.15) is 12.1 Å². The molecule has 8 nitrogen and oxygen atoms in total. The Balaban J connectivity index is 2.44. The molecule has 0 saturated heterocycles. The molecule has 1 amide bonds. The van der Waals surface area contributed by atoms with Crippen molar-refractivity contribution >= 4 is 16.9 Å². The lowest BCUT2D eigenvalue weighted by molar-refractivity contribution is -0.122. The molecular weight excluding hydrogens is 260 g/mol. The molecule has 1 N–H and O–H groups in total. The molecule has 0 radical (unpaired) electrons. The maximum atomic E-state index is 12.4. The van der Waals surface area contributed by atoms with Crippen LogP contribution >= 0.6 is 0 Å². The molecule has 2 rings (SSSR count). The van der Waals surface area contributed by atoms with Crippen LogP contribution < -0.4 is 10.9 Å². The number of aryl methyl sites for hydroxylation is 2. The predicted molar refractivity (Wildman–Crippen MR) is 73.3 cm³/mol. The second-order valence-corrected chi connectivity index (χ2v) is 4.87. The van der Waals surface area contributed by atoms with Crippen molar-refractivity contribution in [3.63, 3.8) is 0 Å². The first-order valence-electron chi connectivity index (χ1n) is 6.54. The molecule has 0 unspecified atom stereocenters. The number of amides is 1. The Morgan fingerprint density at radius 1 is 1.35 bits per heavy atom. The van der Waals surface area contributed by atoms with Crippen LogP contribution in [0.2, 0.25) is 0 Å². The van der Waals surface area contributed by atoms with E-state index in [-0.39, 0.29) is 24.1 Å². The molecule has 0 aliphatic rings. The normalized spacial score (nSPS) is 11.2. The molecule has 8 heteroatoms. The highest BCUT2D eigenvalue weighted by molar-refractivity contribution is 5.77. The molecule has 0 bridgehead atoms. The van der Waals surface area contributed by atoms with Crippen molar-refractivity contribution in [2.75, 3.05) is 0 Å². The summed E-state index contributed by atoms with van der Waals surface area (Å²) in [5, 5.41) is 14.7. The number of nitrogens with zero attached hydrogens (tertiary/aromatic N) is 5. The lowest BCUT2D eigenvalue weighted by Gasteiger charge is -2.08. The van der Waals surface area contributed by atoms with Crippen molar-refractivity contribution in [1.82, 2.24) is 30.1 Å². The van der Waals surface area contributed by atoms with Gasteiger partial charge in [-0.15, -0.1) is 5.10 Å². The molecule has 0 aliphatic heterocycles. The molecule has 2 aromatic rings. The number of rotatable bonds is 4. The van der Waals surface area contributed by atoms with Crippen LogP contribution in [0.1, 0.15) is 26.5 Å². The molecule has 2 heterocycles. The van der Waals surface area contributed by atoms with Gasteiger partial charge in [0.2, 0.25) is 5.91 Å². The summed E-state index contributed by atoms with van der Waals surface area (Å²) >= 11 is 0.